The van der Waals surface area contributed by atoms with Crippen LogP contribution in [0.5, 0.6) is 0 Å². The van der Waals surface area contributed by atoms with Crippen molar-refractivity contribution in [2.45, 2.75) is 6.18 Å². The summed E-state index contributed by atoms with van der Waals surface area (Å²) in [6.45, 7) is 0. The van der Waals surface area contributed by atoms with Crippen molar-refractivity contribution >= 4 is 6.29 Å². The number of aldehydes is 1. The zero-order valence-corrected chi connectivity index (χ0v) is 9.40. The number of carbonyl (C=O) groups is 1. The Morgan fingerprint density at radius 2 is 1.89 bits per heavy atom. The van der Waals surface area contributed by atoms with Gasteiger partial charge in [0, 0.05) is 24.4 Å². The first kappa shape index (κ1) is 12.3. The second kappa shape index (κ2) is 4.29. The molecule has 0 fully saturated rings. The molecule has 0 N–H and O–H groups in total. The molecular weight excluding hydrogens is 245 g/mol. The number of alkyl halides is 3. The number of benzene rings is 1. The standard InChI is InChI=1S/C12H9F3N2O/c1-17-6-10(11(16-17)12(13,14)15)9-5-3-2-4-8(9)7-18/h2-7H,1H3. The Bertz CT molecular complexity index is 587. The van der Waals surface area contributed by atoms with Crippen LogP contribution in [0.3, 0.4) is 0 Å². The van der Waals surface area contributed by atoms with E-state index >= 15 is 0 Å². The predicted molar refractivity (Wildman–Crippen MR) is 59.0 cm³/mol. The Balaban J connectivity index is 2.68. The lowest BCUT2D eigenvalue weighted by atomic mass is 10.0. The van der Waals surface area contributed by atoms with Crippen molar-refractivity contribution in [3.05, 3.63) is 41.7 Å². The van der Waals surface area contributed by atoms with Crippen molar-refractivity contribution in [3.8, 4) is 11.1 Å². The molecule has 1 heterocycles. The van der Waals surface area contributed by atoms with Crippen LogP contribution in [-0.2, 0) is 13.2 Å². The molecule has 0 radical (unpaired) electrons. The first-order valence-electron chi connectivity index (χ1n) is 5.09. The van der Waals surface area contributed by atoms with E-state index in [9.17, 15) is 18.0 Å². The molecule has 0 aliphatic carbocycles. The third kappa shape index (κ3) is 2.13. The second-order valence-corrected chi connectivity index (χ2v) is 3.77. The van der Waals surface area contributed by atoms with Crippen molar-refractivity contribution in [1.82, 2.24) is 9.78 Å². The Hall–Kier alpha value is -2.11. The zero-order chi connectivity index (χ0) is 13.3. The highest BCUT2D eigenvalue weighted by molar-refractivity contribution is 5.88. The number of hydrogen-bond acceptors (Lipinski definition) is 2. The molecule has 0 atom stereocenters. The number of aryl methyl sites for hydroxylation is 1. The van der Waals surface area contributed by atoms with Crippen molar-refractivity contribution in [3.63, 3.8) is 0 Å². The van der Waals surface area contributed by atoms with Gasteiger partial charge in [0.15, 0.2) is 12.0 Å². The summed E-state index contributed by atoms with van der Waals surface area (Å²) >= 11 is 0. The first-order chi connectivity index (χ1) is 8.43. The van der Waals surface area contributed by atoms with Crippen LogP contribution in [0.25, 0.3) is 11.1 Å². The summed E-state index contributed by atoms with van der Waals surface area (Å²) in [6.07, 6.45) is -2.76. The van der Waals surface area contributed by atoms with Gasteiger partial charge in [-0.15, -0.1) is 0 Å². The number of aromatic nitrogens is 2. The van der Waals surface area contributed by atoms with E-state index in [1.807, 2.05) is 0 Å². The van der Waals surface area contributed by atoms with Crippen LogP contribution in [0, 0.1) is 0 Å². The fraction of sp³-hybridized carbons (Fsp3) is 0.167. The molecule has 2 rings (SSSR count). The Labute approximate surface area is 101 Å². The second-order valence-electron chi connectivity index (χ2n) is 3.77. The lowest BCUT2D eigenvalue weighted by Gasteiger charge is -2.07. The van der Waals surface area contributed by atoms with Crippen LogP contribution >= 0.6 is 0 Å². The van der Waals surface area contributed by atoms with E-state index in [1.54, 1.807) is 12.1 Å². The van der Waals surface area contributed by atoms with Crippen LogP contribution in [0.15, 0.2) is 30.5 Å². The largest absolute Gasteiger partial charge is 0.435 e. The number of rotatable bonds is 2. The highest BCUT2D eigenvalue weighted by atomic mass is 19.4. The van der Waals surface area contributed by atoms with Crippen molar-refractivity contribution in [1.29, 1.82) is 0 Å². The molecule has 0 amide bonds. The topological polar surface area (TPSA) is 34.9 Å². The molecule has 1 aromatic carbocycles. The fourth-order valence-electron chi connectivity index (χ4n) is 1.74. The van der Waals surface area contributed by atoms with Crippen molar-refractivity contribution in [2.24, 2.45) is 7.05 Å². The summed E-state index contributed by atoms with van der Waals surface area (Å²) in [6, 6.07) is 6.11. The van der Waals surface area contributed by atoms with Crippen LogP contribution in [0.4, 0.5) is 13.2 Å². The molecule has 1 aromatic heterocycles. The molecular formula is C12H9F3N2O. The molecule has 3 nitrogen and oxygen atoms in total. The lowest BCUT2D eigenvalue weighted by molar-refractivity contribution is -0.140. The highest BCUT2D eigenvalue weighted by Crippen LogP contribution is 2.36. The van der Waals surface area contributed by atoms with Gasteiger partial charge < -0.3 is 0 Å². The number of carbonyl (C=O) groups excluding carboxylic acids is 1. The summed E-state index contributed by atoms with van der Waals surface area (Å²) < 4.78 is 39.5. The zero-order valence-electron chi connectivity index (χ0n) is 9.40. The minimum atomic E-state index is -4.55. The number of nitrogens with zero attached hydrogens (tertiary/aromatic N) is 2. The first-order valence-corrected chi connectivity index (χ1v) is 5.09. The van der Waals surface area contributed by atoms with Gasteiger partial charge in [-0.3, -0.25) is 9.48 Å². The van der Waals surface area contributed by atoms with Crippen LogP contribution in [0.1, 0.15) is 16.1 Å². The summed E-state index contributed by atoms with van der Waals surface area (Å²) in [5, 5.41) is 3.41. The molecule has 0 aliphatic heterocycles. The van der Waals surface area contributed by atoms with Crippen LogP contribution < -0.4 is 0 Å². The van der Waals surface area contributed by atoms with E-state index < -0.39 is 11.9 Å². The Morgan fingerprint density at radius 1 is 1.22 bits per heavy atom. The third-order valence-electron chi connectivity index (χ3n) is 2.48. The average Bonchev–Trinajstić information content (AvgIpc) is 2.71. The smallest absolute Gasteiger partial charge is 0.298 e. The van der Waals surface area contributed by atoms with Gasteiger partial charge in [0.25, 0.3) is 0 Å². The number of hydrogen-bond donors (Lipinski definition) is 0. The molecule has 0 spiro atoms. The van der Waals surface area contributed by atoms with Gasteiger partial charge in [-0.05, 0) is 5.56 Å². The Kier molecular flexibility index (Phi) is 2.94. The average molecular weight is 254 g/mol. The lowest BCUT2D eigenvalue weighted by Crippen LogP contribution is -2.08. The highest BCUT2D eigenvalue weighted by Gasteiger charge is 2.37. The summed E-state index contributed by atoms with van der Waals surface area (Å²) in [4.78, 5) is 10.9. The number of halogens is 3. The molecule has 6 heteroatoms. The summed E-state index contributed by atoms with van der Waals surface area (Å²) in [5.41, 5.74) is -0.643. The molecule has 0 bridgehead atoms. The van der Waals surface area contributed by atoms with E-state index in [4.69, 9.17) is 0 Å². The van der Waals surface area contributed by atoms with Gasteiger partial charge >= 0.3 is 6.18 Å². The van der Waals surface area contributed by atoms with E-state index in [0.717, 1.165) is 4.68 Å². The summed E-state index contributed by atoms with van der Waals surface area (Å²) in [5.74, 6) is 0. The molecule has 0 saturated heterocycles. The normalized spacial score (nSPS) is 11.6. The quantitative estimate of drug-likeness (QED) is 0.772. The molecule has 94 valence electrons. The Morgan fingerprint density at radius 3 is 2.50 bits per heavy atom. The van der Waals surface area contributed by atoms with Crippen molar-refractivity contribution < 1.29 is 18.0 Å². The van der Waals surface area contributed by atoms with Crippen LogP contribution in [0.2, 0.25) is 0 Å². The van der Waals surface area contributed by atoms with E-state index in [2.05, 4.69) is 5.10 Å². The van der Waals surface area contributed by atoms with Gasteiger partial charge in [-0.1, -0.05) is 24.3 Å². The van der Waals surface area contributed by atoms with Gasteiger partial charge in [-0.25, -0.2) is 0 Å². The van der Waals surface area contributed by atoms with Gasteiger partial charge in [0.1, 0.15) is 0 Å². The minimum Gasteiger partial charge on any atom is -0.298 e. The fourth-order valence-corrected chi connectivity index (χ4v) is 1.74. The van der Waals surface area contributed by atoms with E-state index in [-0.39, 0.29) is 16.7 Å². The maximum absolute atomic E-state index is 12.8. The maximum atomic E-state index is 12.8. The van der Waals surface area contributed by atoms with E-state index in [0.29, 0.717) is 6.29 Å². The van der Waals surface area contributed by atoms with Gasteiger partial charge in [-0.2, -0.15) is 18.3 Å². The predicted octanol–water partition coefficient (Wildman–Crippen LogP) is 2.92. The monoisotopic (exact) mass is 254 g/mol. The molecule has 0 unspecified atom stereocenters. The molecule has 18 heavy (non-hydrogen) atoms. The minimum absolute atomic E-state index is 0.0901. The third-order valence-corrected chi connectivity index (χ3v) is 2.48. The van der Waals surface area contributed by atoms with Gasteiger partial charge in [0.2, 0.25) is 0 Å². The molecule has 0 saturated carbocycles. The molecule has 0 aliphatic rings. The summed E-state index contributed by atoms with van der Waals surface area (Å²) in [7, 11) is 1.41. The van der Waals surface area contributed by atoms with Gasteiger partial charge in [0.05, 0.1) is 0 Å². The maximum Gasteiger partial charge on any atom is 0.435 e. The van der Waals surface area contributed by atoms with Crippen molar-refractivity contribution in [2.75, 3.05) is 0 Å². The molecule has 2 aromatic rings. The van der Waals surface area contributed by atoms with E-state index in [1.165, 1.54) is 25.4 Å². The SMILES string of the molecule is Cn1cc(-c2ccccc2C=O)c(C(F)(F)F)n1. The van der Waals surface area contributed by atoms with Crippen LogP contribution in [-0.4, -0.2) is 16.1 Å².